The average molecular weight is 402 g/mol. The van der Waals surface area contributed by atoms with Gasteiger partial charge in [0, 0.05) is 36.7 Å². The van der Waals surface area contributed by atoms with E-state index in [1.165, 1.54) is 4.90 Å². The largest absolute Gasteiger partial charge is 0.417 e. The van der Waals surface area contributed by atoms with Crippen molar-refractivity contribution in [3.8, 4) is 0 Å². The number of aromatic nitrogens is 4. The van der Waals surface area contributed by atoms with E-state index in [0.717, 1.165) is 11.3 Å². The standard InChI is InChI=1S/C21H18N6O3/c1-20-13-14-16(23-9-8-22-14)27(2)19(29)21(20,15(13)20)24-17(28)18-26-25-12(30-18)10-11-6-4-3-5-7-11/h3-9,13,15H,10H2,1-2H3,(H,24,28). The molecule has 9 nitrogen and oxygen atoms in total. The average Bonchev–Trinajstić information content (AvgIpc) is 3.45. The van der Waals surface area contributed by atoms with Crippen LogP contribution in [-0.4, -0.2) is 44.6 Å². The number of benzene rings is 1. The van der Waals surface area contributed by atoms with Crippen LogP contribution in [0.5, 0.6) is 0 Å². The van der Waals surface area contributed by atoms with Gasteiger partial charge >= 0.3 is 11.8 Å². The maximum absolute atomic E-state index is 13.3. The third-order valence-corrected chi connectivity index (χ3v) is 6.88. The van der Waals surface area contributed by atoms with E-state index in [1.54, 1.807) is 19.4 Å². The van der Waals surface area contributed by atoms with Crippen molar-refractivity contribution in [3.63, 3.8) is 0 Å². The van der Waals surface area contributed by atoms with Crippen LogP contribution < -0.4 is 10.2 Å². The minimum absolute atomic E-state index is 0.00596. The van der Waals surface area contributed by atoms with E-state index in [-0.39, 0.29) is 29.0 Å². The van der Waals surface area contributed by atoms with Crippen molar-refractivity contribution in [2.24, 2.45) is 11.3 Å². The van der Waals surface area contributed by atoms with Crippen molar-refractivity contribution >= 4 is 17.6 Å². The van der Waals surface area contributed by atoms with Crippen molar-refractivity contribution in [3.05, 3.63) is 65.8 Å². The summed E-state index contributed by atoms with van der Waals surface area (Å²) in [6, 6.07) is 9.66. The molecule has 2 saturated carbocycles. The third kappa shape index (κ3) is 1.96. The molecule has 2 aromatic heterocycles. The van der Waals surface area contributed by atoms with E-state index >= 15 is 0 Å². The fourth-order valence-corrected chi connectivity index (χ4v) is 5.26. The Bertz CT molecular complexity index is 1210. The second-order valence-corrected chi connectivity index (χ2v) is 8.29. The molecule has 7 rings (SSSR count). The molecule has 2 amide bonds. The van der Waals surface area contributed by atoms with Gasteiger partial charge < -0.3 is 9.73 Å². The first kappa shape index (κ1) is 17.3. The number of anilines is 1. The van der Waals surface area contributed by atoms with Gasteiger partial charge in [0.05, 0.1) is 12.1 Å². The van der Waals surface area contributed by atoms with Crippen LogP contribution in [0.1, 0.15) is 40.7 Å². The highest BCUT2D eigenvalue weighted by Crippen LogP contribution is 2.91. The number of hydrogen-bond acceptors (Lipinski definition) is 7. The summed E-state index contributed by atoms with van der Waals surface area (Å²) in [6.07, 6.45) is 3.64. The Hall–Kier alpha value is -3.62. The molecule has 4 aliphatic rings. The number of amides is 2. The van der Waals surface area contributed by atoms with E-state index in [4.69, 9.17) is 4.42 Å². The number of carbonyl (C=O) groups is 2. The summed E-state index contributed by atoms with van der Waals surface area (Å²) in [7, 11) is 1.66. The van der Waals surface area contributed by atoms with E-state index in [1.807, 2.05) is 37.3 Å². The van der Waals surface area contributed by atoms with Gasteiger partial charge in [0.1, 0.15) is 5.54 Å². The minimum Gasteiger partial charge on any atom is -0.417 e. The van der Waals surface area contributed by atoms with Crippen molar-refractivity contribution < 1.29 is 14.0 Å². The summed E-state index contributed by atoms with van der Waals surface area (Å²) < 4.78 is 5.57. The topological polar surface area (TPSA) is 114 Å². The van der Waals surface area contributed by atoms with Gasteiger partial charge in [-0.1, -0.05) is 37.3 Å². The van der Waals surface area contributed by atoms with Crippen LogP contribution in [-0.2, 0) is 11.2 Å². The number of rotatable bonds is 4. The normalized spacial score (nSPS) is 30.2. The lowest BCUT2D eigenvalue weighted by Crippen LogP contribution is -2.56. The predicted molar refractivity (Wildman–Crippen MR) is 104 cm³/mol. The molecule has 2 fully saturated rings. The molecule has 1 N–H and O–H groups in total. The van der Waals surface area contributed by atoms with E-state index in [9.17, 15) is 9.59 Å². The van der Waals surface area contributed by atoms with Gasteiger partial charge in [0.15, 0.2) is 5.82 Å². The van der Waals surface area contributed by atoms with Crippen LogP contribution in [0.25, 0.3) is 0 Å². The van der Waals surface area contributed by atoms with Gasteiger partial charge in [0.2, 0.25) is 5.89 Å². The second kappa shape index (κ2) is 5.50. The fourth-order valence-electron chi connectivity index (χ4n) is 5.26. The molecule has 30 heavy (non-hydrogen) atoms. The Morgan fingerprint density at radius 3 is 2.70 bits per heavy atom. The van der Waals surface area contributed by atoms with Crippen molar-refractivity contribution in [1.82, 2.24) is 25.5 Å². The number of hydrogen-bond donors (Lipinski definition) is 1. The van der Waals surface area contributed by atoms with Crippen molar-refractivity contribution in [2.75, 3.05) is 11.9 Å². The zero-order valence-electron chi connectivity index (χ0n) is 16.4. The minimum atomic E-state index is -0.986. The van der Waals surface area contributed by atoms with Crippen LogP contribution in [0.15, 0.2) is 47.1 Å². The van der Waals surface area contributed by atoms with Crippen molar-refractivity contribution in [1.29, 1.82) is 0 Å². The van der Waals surface area contributed by atoms with Crippen LogP contribution in [0.4, 0.5) is 5.82 Å². The number of carbonyl (C=O) groups excluding carboxylic acids is 2. The zero-order chi connectivity index (χ0) is 20.7. The second-order valence-electron chi connectivity index (χ2n) is 8.29. The highest BCUT2D eigenvalue weighted by atomic mass is 16.4. The van der Waals surface area contributed by atoms with Crippen LogP contribution >= 0.6 is 0 Å². The molecule has 2 aliphatic carbocycles. The molecular formula is C21H18N6O3. The third-order valence-electron chi connectivity index (χ3n) is 6.88. The van der Waals surface area contributed by atoms with E-state index in [2.05, 4.69) is 25.5 Å². The lowest BCUT2D eigenvalue weighted by atomic mass is 9.88. The first-order valence-corrected chi connectivity index (χ1v) is 9.76. The van der Waals surface area contributed by atoms with Crippen LogP contribution in [0, 0.1) is 11.3 Å². The number of nitrogens with one attached hydrogen (secondary N) is 1. The molecular weight excluding hydrogens is 384 g/mol. The molecule has 150 valence electrons. The van der Waals surface area contributed by atoms with Crippen molar-refractivity contribution in [2.45, 2.75) is 24.8 Å². The molecule has 2 aliphatic heterocycles. The van der Waals surface area contributed by atoms with E-state index in [0.29, 0.717) is 18.1 Å². The zero-order valence-corrected chi connectivity index (χ0v) is 16.4. The molecule has 0 saturated heterocycles. The molecule has 9 heteroatoms. The van der Waals surface area contributed by atoms with Gasteiger partial charge in [-0.2, -0.15) is 0 Å². The fraction of sp³-hybridized carbons (Fsp3) is 0.333. The molecule has 4 heterocycles. The molecule has 3 aromatic rings. The van der Waals surface area contributed by atoms with Crippen LogP contribution in [0.2, 0.25) is 0 Å². The molecule has 2 bridgehead atoms. The smallest absolute Gasteiger partial charge is 0.309 e. The Morgan fingerprint density at radius 1 is 1.20 bits per heavy atom. The van der Waals surface area contributed by atoms with Gasteiger partial charge in [-0.3, -0.25) is 19.5 Å². The summed E-state index contributed by atoms with van der Waals surface area (Å²) >= 11 is 0. The Morgan fingerprint density at radius 2 is 1.93 bits per heavy atom. The van der Waals surface area contributed by atoms with Gasteiger partial charge in [-0.25, -0.2) is 4.98 Å². The molecule has 4 unspecified atom stereocenters. The van der Waals surface area contributed by atoms with Gasteiger partial charge in [0.25, 0.3) is 5.91 Å². The monoisotopic (exact) mass is 402 g/mol. The summed E-state index contributed by atoms with van der Waals surface area (Å²) in [5, 5.41) is 10.8. The Balaban J connectivity index is 1.25. The van der Waals surface area contributed by atoms with Gasteiger partial charge in [-0.15, -0.1) is 10.2 Å². The summed E-state index contributed by atoms with van der Waals surface area (Å²) in [4.78, 5) is 36.4. The SMILES string of the molecule is CN1C(=O)C2(NC(=O)c3nnc(Cc4ccccc4)o3)C3C(c4nccnc41)C32C. The maximum Gasteiger partial charge on any atom is 0.309 e. The summed E-state index contributed by atoms with van der Waals surface area (Å²) in [5.74, 6) is 0.123. The Kier molecular flexibility index (Phi) is 3.16. The Labute approximate surface area is 171 Å². The van der Waals surface area contributed by atoms with E-state index < -0.39 is 11.4 Å². The number of likely N-dealkylation sites (N-methyl/N-ethyl adjacent to an activating group) is 1. The lowest BCUT2D eigenvalue weighted by Gasteiger charge is -2.28. The molecule has 1 aromatic carbocycles. The first-order valence-electron chi connectivity index (χ1n) is 9.76. The summed E-state index contributed by atoms with van der Waals surface area (Å²) in [5.41, 5.74) is 0.456. The quantitative estimate of drug-likeness (QED) is 0.700. The maximum atomic E-state index is 13.3. The molecule has 0 spiro atoms. The molecule has 0 radical (unpaired) electrons. The number of fused-ring (bicyclic) bond motifs is 1. The predicted octanol–water partition coefficient (Wildman–Crippen LogP) is 1.33. The summed E-state index contributed by atoms with van der Waals surface area (Å²) in [6.45, 7) is 2.01. The lowest BCUT2D eigenvalue weighted by molar-refractivity contribution is -0.123. The highest BCUT2D eigenvalue weighted by Gasteiger charge is 2.98. The first-order chi connectivity index (χ1) is 14.5. The van der Waals surface area contributed by atoms with Gasteiger partial charge in [-0.05, 0) is 5.56 Å². The van der Waals surface area contributed by atoms with Crippen LogP contribution in [0.3, 0.4) is 0 Å². The molecule has 4 atom stereocenters. The highest BCUT2D eigenvalue weighted by molar-refractivity contribution is 6.11. The number of nitrogens with zero attached hydrogens (tertiary/aromatic N) is 5.